The third-order valence-electron chi connectivity index (χ3n) is 6.05. The summed E-state index contributed by atoms with van der Waals surface area (Å²) in [6, 6.07) is 19.4. The van der Waals surface area contributed by atoms with E-state index in [-0.39, 0.29) is 24.0 Å². The van der Waals surface area contributed by atoms with Crippen molar-refractivity contribution in [2.24, 2.45) is 4.99 Å². The number of hydrogen-bond donors (Lipinski definition) is 1. The second-order valence-corrected chi connectivity index (χ2v) is 8.14. The Bertz CT molecular complexity index is 833. The van der Waals surface area contributed by atoms with Gasteiger partial charge in [-0.1, -0.05) is 42.5 Å². The van der Waals surface area contributed by atoms with Crippen molar-refractivity contribution in [1.29, 1.82) is 0 Å². The molecule has 0 bridgehead atoms. The fourth-order valence-corrected chi connectivity index (χ4v) is 4.27. The van der Waals surface area contributed by atoms with E-state index in [4.69, 9.17) is 9.73 Å². The minimum atomic E-state index is 0. The largest absolute Gasteiger partial charge is 0.379 e. The van der Waals surface area contributed by atoms with Crippen molar-refractivity contribution >= 4 is 35.6 Å². The summed E-state index contributed by atoms with van der Waals surface area (Å²) in [5, 5.41) is 3.51. The van der Waals surface area contributed by atoms with Gasteiger partial charge in [0.25, 0.3) is 0 Å². The lowest BCUT2D eigenvalue weighted by atomic mass is 10.1. The monoisotopic (exact) mass is 549 g/mol. The quantitative estimate of drug-likeness (QED) is 0.340. The molecule has 2 aliphatic heterocycles. The lowest BCUT2D eigenvalue weighted by molar-refractivity contribution is 0.0341. The Morgan fingerprint density at radius 3 is 2.22 bits per heavy atom. The van der Waals surface area contributed by atoms with Crippen LogP contribution in [0, 0.1) is 0 Å². The van der Waals surface area contributed by atoms with Gasteiger partial charge < -0.3 is 19.9 Å². The highest BCUT2D eigenvalue weighted by Gasteiger charge is 2.20. The van der Waals surface area contributed by atoms with Gasteiger partial charge >= 0.3 is 0 Å². The predicted molar refractivity (Wildman–Crippen MR) is 143 cm³/mol. The number of nitrogens with one attached hydrogen (secondary N) is 1. The molecule has 1 N–H and O–H groups in total. The minimum Gasteiger partial charge on any atom is -0.379 e. The zero-order chi connectivity index (χ0) is 21.3. The number of nitrogens with zero attached hydrogens (tertiary/aromatic N) is 4. The summed E-state index contributed by atoms with van der Waals surface area (Å²) < 4.78 is 5.50. The third-order valence-corrected chi connectivity index (χ3v) is 6.05. The average Bonchev–Trinajstić information content (AvgIpc) is 2.84. The van der Waals surface area contributed by atoms with Gasteiger partial charge in [-0.15, -0.1) is 24.0 Å². The van der Waals surface area contributed by atoms with E-state index in [1.165, 1.54) is 16.8 Å². The Labute approximate surface area is 209 Å². The SMILES string of the molecule is CCNC(=NCc1ccccc1CN1CCOCC1)N1CCN(c2ccccc2)CC1.I. The van der Waals surface area contributed by atoms with Crippen molar-refractivity contribution in [2.45, 2.75) is 20.0 Å². The summed E-state index contributed by atoms with van der Waals surface area (Å²) in [6.07, 6.45) is 0. The summed E-state index contributed by atoms with van der Waals surface area (Å²) in [4.78, 5) is 12.4. The van der Waals surface area contributed by atoms with Crippen molar-refractivity contribution in [2.75, 3.05) is 63.9 Å². The first-order chi connectivity index (χ1) is 15.3. The molecular weight excluding hydrogens is 513 g/mol. The highest BCUT2D eigenvalue weighted by Crippen LogP contribution is 2.17. The van der Waals surface area contributed by atoms with Crippen LogP contribution in [0.1, 0.15) is 18.1 Å². The number of benzene rings is 2. The number of para-hydroxylation sites is 1. The van der Waals surface area contributed by atoms with E-state index in [0.29, 0.717) is 6.54 Å². The van der Waals surface area contributed by atoms with Crippen LogP contribution in [-0.4, -0.2) is 74.8 Å². The number of aliphatic imine (C=N–C) groups is 1. The van der Waals surface area contributed by atoms with Crippen LogP contribution in [0.15, 0.2) is 59.6 Å². The highest BCUT2D eigenvalue weighted by atomic mass is 127. The number of guanidine groups is 1. The molecule has 0 unspecified atom stereocenters. The van der Waals surface area contributed by atoms with E-state index < -0.39 is 0 Å². The minimum absolute atomic E-state index is 0. The molecule has 7 heteroatoms. The molecule has 2 fully saturated rings. The first-order valence-corrected chi connectivity index (χ1v) is 11.5. The van der Waals surface area contributed by atoms with Gasteiger partial charge in [0.2, 0.25) is 0 Å². The van der Waals surface area contributed by atoms with Gasteiger partial charge in [-0.25, -0.2) is 4.99 Å². The van der Waals surface area contributed by atoms with Crippen LogP contribution in [0.3, 0.4) is 0 Å². The molecule has 2 aromatic carbocycles. The van der Waals surface area contributed by atoms with Crippen LogP contribution in [0.4, 0.5) is 5.69 Å². The van der Waals surface area contributed by atoms with Crippen molar-refractivity contribution in [1.82, 2.24) is 15.1 Å². The van der Waals surface area contributed by atoms with Crippen molar-refractivity contribution in [3.8, 4) is 0 Å². The lowest BCUT2D eigenvalue weighted by Crippen LogP contribution is -2.52. The zero-order valence-corrected chi connectivity index (χ0v) is 21.4. The molecule has 0 amide bonds. The van der Waals surface area contributed by atoms with E-state index in [2.05, 4.69) is 81.5 Å². The van der Waals surface area contributed by atoms with Gasteiger partial charge in [-0.2, -0.15) is 0 Å². The highest BCUT2D eigenvalue weighted by molar-refractivity contribution is 14.0. The summed E-state index contributed by atoms with van der Waals surface area (Å²) in [6.45, 7) is 12.4. The summed E-state index contributed by atoms with van der Waals surface area (Å²) in [5.41, 5.74) is 3.99. The Kier molecular flexibility index (Phi) is 10.1. The molecule has 0 aromatic heterocycles. The van der Waals surface area contributed by atoms with Gasteiger partial charge in [-0.3, -0.25) is 4.90 Å². The molecule has 2 heterocycles. The zero-order valence-electron chi connectivity index (χ0n) is 19.1. The predicted octanol–water partition coefficient (Wildman–Crippen LogP) is 3.42. The number of halogens is 1. The molecule has 2 aromatic rings. The second kappa shape index (κ2) is 13.0. The van der Waals surface area contributed by atoms with Crippen LogP contribution < -0.4 is 10.2 Å². The molecule has 0 spiro atoms. The summed E-state index contributed by atoms with van der Waals surface area (Å²) in [7, 11) is 0. The number of rotatable bonds is 6. The lowest BCUT2D eigenvalue weighted by Gasteiger charge is -2.37. The van der Waals surface area contributed by atoms with Gasteiger partial charge in [-0.05, 0) is 30.2 Å². The molecule has 0 radical (unpaired) electrons. The number of hydrogen-bond acceptors (Lipinski definition) is 4. The topological polar surface area (TPSA) is 43.3 Å². The maximum atomic E-state index is 5.50. The standard InChI is InChI=1S/C25H35N5O.HI/c1-2-26-25(30-14-12-29(13-15-30)24-10-4-3-5-11-24)27-20-22-8-6-7-9-23(22)21-28-16-18-31-19-17-28;/h3-11H,2,12-21H2,1H3,(H,26,27);1H. The van der Waals surface area contributed by atoms with Crippen LogP contribution in [0.25, 0.3) is 0 Å². The molecular formula is C25H36IN5O. The first-order valence-electron chi connectivity index (χ1n) is 11.5. The Morgan fingerprint density at radius 2 is 1.53 bits per heavy atom. The van der Waals surface area contributed by atoms with Gasteiger partial charge in [0.1, 0.15) is 0 Å². The molecule has 4 rings (SSSR count). The van der Waals surface area contributed by atoms with Gasteiger partial charge in [0.05, 0.1) is 19.8 Å². The summed E-state index contributed by atoms with van der Waals surface area (Å²) in [5.74, 6) is 1.02. The van der Waals surface area contributed by atoms with E-state index in [1.807, 2.05) is 0 Å². The Balaban J connectivity index is 0.00000289. The smallest absolute Gasteiger partial charge is 0.194 e. The fraction of sp³-hybridized carbons (Fsp3) is 0.480. The number of piperazine rings is 1. The first kappa shape index (κ1) is 24.8. The second-order valence-electron chi connectivity index (χ2n) is 8.14. The number of anilines is 1. The fourth-order valence-electron chi connectivity index (χ4n) is 4.27. The third kappa shape index (κ3) is 6.83. The molecule has 2 saturated heterocycles. The summed E-state index contributed by atoms with van der Waals surface area (Å²) >= 11 is 0. The van der Waals surface area contributed by atoms with E-state index in [9.17, 15) is 0 Å². The van der Waals surface area contributed by atoms with Crippen molar-refractivity contribution < 1.29 is 4.74 Å². The van der Waals surface area contributed by atoms with Crippen LogP contribution in [0.5, 0.6) is 0 Å². The maximum Gasteiger partial charge on any atom is 0.194 e. The van der Waals surface area contributed by atoms with E-state index in [1.54, 1.807) is 0 Å². The molecule has 6 nitrogen and oxygen atoms in total. The molecule has 32 heavy (non-hydrogen) atoms. The molecule has 2 aliphatic rings. The molecule has 0 atom stereocenters. The maximum absolute atomic E-state index is 5.50. The van der Waals surface area contributed by atoms with E-state index in [0.717, 1.165) is 71.5 Å². The van der Waals surface area contributed by atoms with Crippen molar-refractivity contribution in [3.63, 3.8) is 0 Å². The van der Waals surface area contributed by atoms with Gasteiger partial charge in [0, 0.05) is 58.0 Å². The Morgan fingerprint density at radius 1 is 0.875 bits per heavy atom. The molecule has 174 valence electrons. The Hall–Kier alpha value is -1.84. The van der Waals surface area contributed by atoms with Gasteiger partial charge in [0.15, 0.2) is 5.96 Å². The normalized spacial score (nSPS) is 17.7. The molecule has 0 aliphatic carbocycles. The van der Waals surface area contributed by atoms with E-state index >= 15 is 0 Å². The molecule has 0 saturated carbocycles. The number of morpholine rings is 1. The van der Waals surface area contributed by atoms with Crippen molar-refractivity contribution in [3.05, 3.63) is 65.7 Å². The van der Waals surface area contributed by atoms with Crippen LogP contribution in [0.2, 0.25) is 0 Å². The van der Waals surface area contributed by atoms with Crippen LogP contribution >= 0.6 is 24.0 Å². The van der Waals surface area contributed by atoms with Crippen LogP contribution in [-0.2, 0) is 17.8 Å². The number of ether oxygens (including phenoxy) is 1. The average molecular weight is 550 g/mol.